The van der Waals surface area contributed by atoms with Crippen LogP contribution in [0.1, 0.15) is 37.4 Å². The van der Waals surface area contributed by atoms with E-state index in [9.17, 15) is 22.8 Å². The number of likely N-dealkylation sites (tertiary alicyclic amines) is 1. The van der Waals surface area contributed by atoms with E-state index in [4.69, 9.17) is 0 Å². The van der Waals surface area contributed by atoms with Crippen LogP contribution in [0.15, 0.2) is 24.4 Å². The minimum Gasteiger partial charge on any atom is -0.338 e. The SMILES string of the molecule is O=C(CN1CCCCCC1=O)NC(c1ccccn1)C(F)(F)F. The molecule has 1 atom stereocenters. The van der Waals surface area contributed by atoms with Crippen LogP contribution in [0.3, 0.4) is 0 Å². The summed E-state index contributed by atoms with van der Waals surface area (Å²) >= 11 is 0. The van der Waals surface area contributed by atoms with Crippen molar-refractivity contribution in [3.63, 3.8) is 0 Å². The molecule has 5 nitrogen and oxygen atoms in total. The van der Waals surface area contributed by atoms with E-state index in [2.05, 4.69) is 4.98 Å². The molecule has 1 aliphatic heterocycles. The summed E-state index contributed by atoms with van der Waals surface area (Å²) < 4.78 is 39.5. The summed E-state index contributed by atoms with van der Waals surface area (Å²) in [7, 11) is 0. The monoisotopic (exact) mass is 329 g/mol. The first-order valence-electron chi connectivity index (χ1n) is 7.42. The van der Waals surface area contributed by atoms with Crippen LogP contribution in [-0.2, 0) is 9.59 Å². The first kappa shape index (κ1) is 17.2. The third-order valence-corrected chi connectivity index (χ3v) is 3.62. The van der Waals surface area contributed by atoms with Crippen LogP contribution in [0, 0.1) is 0 Å². The van der Waals surface area contributed by atoms with Crippen LogP contribution in [-0.4, -0.2) is 41.0 Å². The molecule has 1 aliphatic rings. The molecule has 0 aliphatic carbocycles. The fraction of sp³-hybridized carbons (Fsp3) is 0.533. The van der Waals surface area contributed by atoms with Gasteiger partial charge in [-0.25, -0.2) is 0 Å². The molecule has 0 bridgehead atoms. The van der Waals surface area contributed by atoms with Crippen molar-refractivity contribution in [2.24, 2.45) is 0 Å². The summed E-state index contributed by atoms with van der Waals surface area (Å²) in [5.41, 5.74) is -0.282. The Balaban J connectivity index is 2.04. The third-order valence-electron chi connectivity index (χ3n) is 3.62. The third kappa shape index (κ3) is 4.94. The molecule has 1 fully saturated rings. The van der Waals surface area contributed by atoms with E-state index in [0.29, 0.717) is 13.0 Å². The van der Waals surface area contributed by atoms with Gasteiger partial charge < -0.3 is 10.2 Å². The molecule has 23 heavy (non-hydrogen) atoms. The Morgan fingerprint density at radius 2 is 2.09 bits per heavy atom. The van der Waals surface area contributed by atoms with Gasteiger partial charge in [-0.1, -0.05) is 12.5 Å². The number of hydrogen-bond acceptors (Lipinski definition) is 3. The largest absolute Gasteiger partial charge is 0.414 e. The van der Waals surface area contributed by atoms with E-state index in [0.717, 1.165) is 19.3 Å². The molecule has 1 N–H and O–H groups in total. The average molecular weight is 329 g/mol. The number of nitrogens with zero attached hydrogens (tertiary/aromatic N) is 2. The maximum Gasteiger partial charge on any atom is 0.414 e. The zero-order valence-corrected chi connectivity index (χ0v) is 12.5. The molecule has 0 radical (unpaired) electrons. The van der Waals surface area contributed by atoms with Gasteiger partial charge in [-0.3, -0.25) is 14.6 Å². The van der Waals surface area contributed by atoms with Gasteiger partial charge in [0.05, 0.1) is 12.2 Å². The number of aromatic nitrogens is 1. The zero-order valence-electron chi connectivity index (χ0n) is 12.5. The normalized spacial score (nSPS) is 17.5. The topological polar surface area (TPSA) is 62.3 Å². The number of rotatable bonds is 4. The standard InChI is InChI=1S/C15H18F3N3O2/c16-15(17,18)14(11-6-3-4-8-19-11)20-12(22)10-21-9-5-1-2-7-13(21)23/h3-4,6,8,14H,1-2,5,7,9-10H2,(H,20,22). The Morgan fingerprint density at radius 3 is 2.74 bits per heavy atom. The van der Waals surface area contributed by atoms with Crippen LogP contribution in [0.5, 0.6) is 0 Å². The van der Waals surface area contributed by atoms with Crippen molar-refractivity contribution >= 4 is 11.8 Å². The molecule has 1 saturated heterocycles. The van der Waals surface area contributed by atoms with Crippen LogP contribution < -0.4 is 5.32 Å². The summed E-state index contributed by atoms with van der Waals surface area (Å²) in [5, 5.41) is 1.94. The van der Waals surface area contributed by atoms with Crippen molar-refractivity contribution in [2.75, 3.05) is 13.1 Å². The van der Waals surface area contributed by atoms with Crippen molar-refractivity contribution in [1.29, 1.82) is 0 Å². The van der Waals surface area contributed by atoms with Gasteiger partial charge in [0.2, 0.25) is 11.8 Å². The van der Waals surface area contributed by atoms with Gasteiger partial charge in [0, 0.05) is 19.2 Å². The summed E-state index contributed by atoms with van der Waals surface area (Å²) in [4.78, 5) is 28.8. The molecule has 0 saturated carbocycles. The van der Waals surface area contributed by atoms with Gasteiger partial charge >= 0.3 is 6.18 Å². The van der Waals surface area contributed by atoms with Gasteiger partial charge in [0.15, 0.2) is 6.04 Å². The lowest BCUT2D eigenvalue weighted by atomic mass is 10.1. The summed E-state index contributed by atoms with van der Waals surface area (Å²) in [6, 6.07) is 1.94. The fourth-order valence-corrected chi connectivity index (χ4v) is 2.46. The lowest BCUT2D eigenvalue weighted by Crippen LogP contribution is -2.45. The molecular formula is C15H18F3N3O2. The molecule has 126 valence electrons. The predicted octanol–water partition coefficient (Wildman–Crippen LogP) is 2.20. The Hall–Kier alpha value is -2.12. The second kappa shape index (κ2) is 7.43. The number of amides is 2. The molecule has 2 amide bonds. The Bertz CT molecular complexity index is 549. The second-order valence-electron chi connectivity index (χ2n) is 5.42. The minimum absolute atomic E-state index is 0.195. The van der Waals surface area contributed by atoms with Crippen molar-refractivity contribution in [3.8, 4) is 0 Å². The molecule has 8 heteroatoms. The maximum absolute atomic E-state index is 13.2. The van der Waals surface area contributed by atoms with Gasteiger partial charge in [-0.15, -0.1) is 0 Å². The smallest absolute Gasteiger partial charge is 0.338 e. The minimum atomic E-state index is -4.66. The van der Waals surface area contributed by atoms with E-state index >= 15 is 0 Å². The predicted molar refractivity (Wildman–Crippen MR) is 76.2 cm³/mol. The summed E-state index contributed by atoms with van der Waals surface area (Å²) in [6.45, 7) is 0.0325. The highest BCUT2D eigenvalue weighted by molar-refractivity contribution is 5.85. The number of carbonyl (C=O) groups is 2. The molecule has 0 aromatic carbocycles. The first-order chi connectivity index (χ1) is 10.9. The Kier molecular flexibility index (Phi) is 5.57. The van der Waals surface area contributed by atoms with E-state index in [1.165, 1.54) is 29.3 Å². The van der Waals surface area contributed by atoms with Crippen LogP contribution in [0.2, 0.25) is 0 Å². The summed E-state index contributed by atoms with van der Waals surface area (Å²) in [6.07, 6.45) is -0.720. The second-order valence-corrected chi connectivity index (χ2v) is 5.42. The maximum atomic E-state index is 13.2. The first-order valence-corrected chi connectivity index (χ1v) is 7.42. The number of nitrogens with one attached hydrogen (secondary N) is 1. The van der Waals surface area contributed by atoms with Gasteiger partial charge in [0.1, 0.15) is 0 Å². The molecule has 1 aromatic heterocycles. The van der Waals surface area contributed by atoms with Crippen LogP contribution >= 0.6 is 0 Å². The van der Waals surface area contributed by atoms with E-state index in [1.54, 1.807) is 0 Å². The van der Waals surface area contributed by atoms with Crippen molar-refractivity contribution in [3.05, 3.63) is 30.1 Å². The summed E-state index contributed by atoms with van der Waals surface area (Å²) in [5.74, 6) is -1.03. The number of hydrogen-bond donors (Lipinski definition) is 1. The number of pyridine rings is 1. The molecule has 0 spiro atoms. The average Bonchev–Trinajstić information content (AvgIpc) is 2.70. The highest BCUT2D eigenvalue weighted by Gasteiger charge is 2.43. The molecule has 1 aromatic rings. The lowest BCUT2D eigenvalue weighted by molar-refractivity contribution is -0.164. The zero-order chi connectivity index (χ0) is 16.9. The van der Waals surface area contributed by atoms with Crippen molar-refractivity contribution in [2.45, 2.75) is 37.9 Å². The Labute approximate surface area is 131 Å². The van der Waals surface area contributed by atoms with Gasteiger partial charge in [0.25, 0.3) is 0 Å². The highest BCUT2D eigenvalue weighted by Crippen LogP contribution is 2.31. The van der Waals surface area contributed by atoms with Crippen molar-refractivity contribution in [1.82, 2.24) is 15.2 Å². The number of carbonyl (C=O) groups excluding carboxylic acids is 2. The van der Waals surface area contributed by atoms with Crippen LogP contribution in [0.4, 0.5) is 13.2 Å². The fourth-order valence-electron chi connectivity index (χ4n) is 2.46. The van der Waals surface area contributed by atoms with E-state index in [-0.39, 0.29) is 18.1 Å². The molecule has 2 rings (SSSR count). The van der Waals surface area contributed by atoms with Crippen LogP contribution in [0.25, 0.3) is 0 Å². The lowest BCUT2D eigenvalue weighted by Gasteiger charge is -2.24. The molecule has 2 heterocycles. The van der Waals surface area contributed by atoms with Gasteiger partial charge in [-0.05, 0) is 25.0 Å². The van der Waals surface area contributed by atoms with E-state index < -0.39 is 18.1 Å². The van der Waals surface area contributed by atoms with E-state index in [1.807, 2.05) is 5.32 Å². The van der Waals surface area contributed by atoms with Gasteiger partial charge in [-0.2, -0.15) is 13.2 Å². The number of alkyl halides is 3. The quantitative estimate of drug-likeness (QED) is 0.921. The number of halogens is 3. The highest BCUT2D eigenvalue weighted by atomic mass is 19.4. The molecular weight excluding hydrogens is 311 g/mol. The Morgan fingerprint density at radius 1 is 1.30 bits per heavy atom. The molecule has 1 unspecified atom stereocenters. The van der Waals surface area contributed by atoms with Crippen molar-refractivity contribution < 1.29 is 22.8 Å².